The maximum Gasteiger partial charge on any atom is 0.254 e. The van der Waals surface area contributed by atoms with E-state index in [1.807, 2.05) is 48.5 Å². The first-order valence-electron chi connectivity index (χ1n) is 10.1. The van der Waals surface area contributed by atoms with E-state index in [1.165, 1.54) is 0 Å². The molecule has 1 N–H and O–H groups in total. The molecule has 2 aliphatic rings. The molecule has 1 aromatic heterocycles. The first-order chi connectivity index (χ1) is 15.1. The van der Waals surface area contributed by atoms with Crippen LogP contribution in [0.2, 0.25) is 0 Å². The second-order valence-corrected chi connectivity index (χ2v) is 7.62. The summed E-state index contributed by atoms with van der Waals surface area (Å²) in [6, 6.07) is 16.1. The predicted octanol–water partition coefficient (Wildman–Crippen LogP) is 3.04. The molecular weight excluding hydrogens is 394 g/mol. The van der Waals surface area contributed by atoms with Crippen molar-refractivity contribution in [2.75, 3.05) is 13.8 Å². The summed E-state index contributed by atoms with van der Waals surface area (Å²) < 4.78 is 10.9. The molecule has 0 bridgehead atoms. The lowest BCUT2D eigenvalue weighted by atomic mass is 9.79. The van der Waals surface area contributed by atoms with Gasteiger partial charge in [-0.15, -0.1) is 0 Å². The SMILES string of the molecule is CN1C(=O)c2ccccc2C(C(=O)NCc2cccnc2)C1c1ccc2c(c1)OCO2. The van der Waals surface area contributed by atoms with E-state index in [2.05, 4.69) is 10.3 Å². The highest BCUT2D eigenvalue weighted by Gasteiger charge is 2.42. The van der Waals surface area contributed by atoms with Crippen molar-refractivity contribution < 1.29 is 19.1 Å². The Bertz CT molecular complexity index is 1150. The largest absolute Gasteiger partial charge is 0.454 e. The van der Waals surface area contributed by atoms with Crippen molar-refractivity contribution >= 4 is 11.8 Å². The summed E-state index contributed by atoms with van der Waals surface area (Å²) in [4.78, 5) is 32.3. The molecule has 0 saturated heterocycles. The molecule has 0 saturated carbocycles. The number of carbonyl (C=O) groups excluding carboxylic acids is 2. The zero-order valence-electron chi connectivity index (χ0n) is 16.9. The molecule has 2 unspecified atom stereocenters. The molecule has 2 amide bonds. The maximum atomic E-state index is 13.5. The van der Waals surface area contributed by atoms with Gasteiger partial charge in [0.15, 0.2) is 11.5 Å². The Morgan fingerprint density at radius 3 is 2.81 bits per heavy atom. The van der Waals surface area contributed by atoms with Crippen LogP contribution in [0.1, 0.15) is 39.0 Å². The van der Waals surface area contributed by atoms with Crippen molar-refractivity contribution in [3.8, 4) is 11.5 Å². The third kappa shape index (κ3) is 3.38. The molecule has 2 aromatic carbocycles. The summed E-state index contributed by atoms with van der Waals surface area (Å²) in [6.07, 6.45) is 3.42. The predicted molar refractivity (Wildman–Crippen MR) is 113 cm³/mol. The second-order valence-electron chi connectivity index (χ2n) is 7.62. The summed E-state index contributed by atoms with van der Waals surface area (Å²) in [5.74, 6) is 0.432. The average molecular weight is 415 g/mol. The fraction of sp³-hybridized carbons (Fsp3) is 0.208. The molecule has 5 rings (SSSR count). The van der Waals surface area contributed by atoms with Gasteiger partial charge in [0.05, 0.1) is 12.0 Å². The van der Waals surface area contributed by atoms with Gasteiger partial charge in [-0.25, -0.2) is 0 Å². The maximum absolute atomic E-state index is 13.5. The zero-order valence-corrected chi connectivity index (χ0v) is 16.9. The molecule has 0 spiro atoms. The van der Waals surface area contributed by atoms with Gasteiger partial charge in [-0.1, -0.05) is 30.3 Å². The van der Waals surface area contributed by atoms with Gasteiger partial charge in [-0.2, -0.15) is 0 Å². The number of nitrogens with one attached hydrogen (secondary N) is 1. The van der Waals surface area contributed by atoms with Gasteiger partial charge in [0.2, 0.25) is 12.7 Å². The van der Waals surface area contributed by atoms with Crippen molar-refractivity contribution in [2.24, 2.45) is 0 Å². The van der Waals surface area contributed by atoms with Crippen LogP contribution in [-0.4, -0.2) is 35.5 Å². The van der Waals surface area contributed by atoms with Crippen LogP contribution in [0.5, 0.6) is 11.5 Å². The Kier molecular flexibility index (Phi) is 4.78. The second kappa shape index (κ2) is 7.75. The van der Waals surface area contributed by atoms with Gasteiger partial charge in [-0.05, 0) is 41.0 Å². The van der Waals surface area contributed by atoms with Crippen LogP contribution in [0.3, 0.4) is 0 Å². The number of pyridine rings is 1. The third-order valence-electron chi connectivity index (χ3n) is 5.79. The van der Waals surface area contributed by atoms with E-state index in [-0.39, 0.29) is 18.6 Å². The lowest BCUT2D eigenvalue weighted by Gasteiger charge is -2.39. The van der Waals surface area contributed by atoms with E-state index in [1.54, 1.807) is 30.4 Å². The molecule has 2 aliphatic heterocycles. The van der Waals surface area contributed by atoms with Crippen molar-refractivity contribution in [3.05, 3.63) is 89.2 Å². The molecule has 0 fully saturated rings. The molecule has 2 atom stereocenters. The van der Waals surface area contributed by atoms with E-state index >= 15 is 0 Å². The highest BCUT2D eigenvalue weighted by Crippen LogP contribution is 2.44. The topological polar surface area (TPSA) is 80.8 Å². The van der Waals surface area contributed by atoms with Crippen molar-refractivity contribution in [2.45, 2.75) is 18.5 Å². The minimum atomic E-state index is -0.573. The monoisotopic (exact) mass is 415 g/mol. The number of hydrogen-bond acceptors (Lipinski definition) is 5. The summed E-state index contributed by atoms with van der Waals surface area (Å²) in [7, 11) is 1.73. The third-order valence-corrected chi connectivity index (χ3v) is 5.79. The lowest BCUT2D eigenvalue weighted by molar-refractivity contribution is -0.124. The number of benzene rings is 2. The fourth-order valence-electron chi connectivity index (χ4n) is 4.27. The van der Waals surface area contributed by atoms with Crippen molar-refractivity contribution in [1.82, 2.24) is 15.2 Å². The highest BCUT2D eigenvalue weighted by atomic mass is 16.7. The number of hydrogen-bond donors (Lipinski definition) is 1. The van der Waals surface area contributed by atoms with E-state index in [0.29, 0.717) is 23.6 Å². The Balaban J connectivity index is 1.54. The molecule has 3 heterocycles. The number of likely N-dealkylation sites (N-methyl/N-ethyl adjacent to an activating group) is 1. The first kappa shape index (κ1) is 19.1. The minimum Gasteiger partial charge on any atom is -0.454 e. The number of ether oxygens (including phenoxy) is 2. The van der Waals surface area contributed by atoms with Crippen LogP contribution < -0.4 is 14.8 Å². The van der Waals surface area contributed by atoms with E-state index in [0.717, 1.165) is 16.7 Å². The molecular formula is C24H21N3O4. The number of rotatable bonds is 4. The van der Waals surface area contributed by atoms with Crippen LogP contribution in [0.25, 0.3) is 0 Å². The number of nitrogens with zero attached hydrogens (tertiary/aromatic N) is 2. The number of carbonyl (C=O) groups is 2. The van der Waals surface area contributed by atoms with Gasteiger partial charge in [0.25, 0.3) is 5.91 Å². The lowest BCUT2D eigenvalue weighted by Crippen LogP contribution is -2.45. The van der Waals surface area contributed by atoms with E-state index in [4.69, 9.17) is 9.47 Å². The molecule has 7 heteroatoms. The molecule has 0 radical (unpaired) electrons. The van der Waals surface area contributed by atoms with Gasteiger partial charge in [0, 0.05) is 31.5 Å². The van der Waals surface area contributed by atoms with Crippen molar-refractivity contribution in [3.63, 3.8) is 0 Å². The Morgan fingerprint density at radius 1 is 1.13 bits per heavy atom. The molecule has 156 valence electrons. The Morgan fingerprint density at radius 2 is 1.97 bits per heavy atom. The Labute approximate surface area is 179 Å². The van der Waals surface area contributed by atoms with Crippen LogP contribution in [0, 0.1) is 0 Å². The normalized spacial score (nSPS) is 19.1. The van der Waals surface area contributed by atoms with E-state index < -0.39 is 12.0 Å². The molecule has 3 aromatic rings. The summed E-state index contributed by atoms with van der Waals surface area (Å²) in [5, 5.41) is 3.02. The van der Waals surface area contributed by atoms with Gasteiger partial charge in [-0.3, -0.25) is 14.6 Å². The van der Waals surface area contributed by atoms with Crippen LogP contribution in [0.15, 0.2) is 67.0 Å². The quantitative estimate of drug-likeness (QED) is 0.709. The van der Waals surface area contributed by atoms with Gasteiger partial charge >= 0.3 is 0 Å². The number of amides is 2. The molecule has 7 nitrogen and oxygen atoms in total. The summed E-state index contributed by atoms with van der Waals surface area (Å²) in [6.45, 7) is 0.521. The van der Waals surface area contributed by atoms with E-state index in [9.17, 15) is 9.59 Å². The minimum absolute atomic E-state index is 0.116. The highest BCUT2D eigenvalue weighted by molar-refractivity contribution is 6.01. The zero-order chi connectivity index (χ0) is 21.4. The van der Waals surface area contributed by atoms with Crippen molar-refractivity contribution in [1.29, 1.82) is 0 Å². The summed E-state index contributed by atoms with van der Waals surface area (Å²) in [5.41, 5.74) is 2.99. The fourth-order valence-corrected chi connectivity index (χ4v) is 4.27. The van der Waals surface area contributed by atoms with Crippen LogP contribution >= 0.6 is 0 Å². The first-order valence-corrected chi connectivity index (χ1v) is 10.1. The molecule has 31 heavy (non-hydrogen) atoms. The average Bonchev–Trinajstić information content (AvgIpc) is 3.28. The summed E-state index contributed by atoms with van der Waals surface area (Å²) >= 11 is 0. The smallest absolute Gasteiger partial charge is 0.254 e. The molecule has 0 aliphatic carbocycles. The van der Waals surface area contributed by atoms with Gasteiger partial charge < -0.3 is 19.7 Å². The number of fused-ring (bicyclic) bond motifs is 2. The Hall–Kier alpha value is -3.87. The van der Waals surface area contributed by atoms with Crippen LogP contribution in [0.4, 0.5) is 0 Å². The standard InChI is InChI=1S/C24H21N3O4/c1-27-22(16-8-9-19-20(11-16)31-14-30-19)21(17-6-2-3-7-18(17)24(27)29)23(28)26-13-15-5-4-10-25-12-15/h2-12,21-22H,13-14H2,1H3,(H,26,28). The van der Waals surface area contributed by atoms with Gasteiger partial charge in [0.1, 0.15) is 0 Å². The number of aromatic nitrogens is 1. The van der Waals surface area contributed by atoms with Crippen LogP contribution in [-0.2, 0) is 11.3 Å².